The summed E-state index contributed by atoms with van der Waals surface area (Å²) in [6, 6.07) is 0. The summed E-state index contributed by atoms with van der Waals surface area (Å²) in [5.74, 6) is -1.87. The summed E-state index contributed by atoms with van der Waals surface area (Å²) in [5, 5.41) is 9.06. The van der Waals surface area contributed by atoms with Gasteiger partial charge in [-0.25, -0.2) is 0 Å². The number of alkyl halides is 1. The molecule has 2 saturated carbocycles. The Morgan fingerprint density at radius 2 is 2.21 bits per heavy atom. The van der Waals surface area contributed by atoms with Crippen LogP contribution in [0.25, 0.3) is 0 Å². The Morgan fingerprint density at radius 3 is 2.86 bits per heavy atom. The van der Waals surface area contributed by atoms with Crippen molar-refractivity contribution in [2.45, 2.75) is 17.4 Å². The van der Waals surface area contributed by atoms with Gasteiger partial charge in [0.05, 0.1) is 16.7 Å². The van der Waals surface area contributed by atoms with E-state index in [1.807, 2.05) is 0 Å². The molecule has 3 aliphatic rings. The monoisotopic (exact) mass is 260 g/mol. The van der Waals surface area contributed by atoms with E-state index in [0.717, 1.165) is 6.42 Å². The maximum absolute atomic E-state index is 11.4. The SMILES string of the molecule is O=C(O)[C@@H]1[C@H]2C[C@@H]3C(OC(=O)[C@H]13)[C@H]2Br. The topological polar surface area (TPSA) is 63.6 Å². The Morgan fingerprint density at radius 1 is 1.50 bits per heavy atom. The van der Waals surface area contributed by atoms with Crippen LogP contribution in [0.4, 0.5) is 0 Å². The molecule has 1 aliphatic heterocycles. The van der Waals surface area contributed by atoms with Crippen molar-refractivity contribution in [3.8, 4) is 0 Å². The average molecular weight is 261 g/mol. The Hall–Kier alpha value is -0.580. The van der Waals surface area contributed by atoms with E-state index in [1.54, 1.807) is 0 Å². The number of carboxylic acids is 1. The zero-order valence-corrected chi connectivity index (χ0v) is 8.81. The van der Waals surface area contributed by atoms with E-state index in [-0.39, 0.29) is 34.7 Å². The molecular weight excluding hydrogens is 252 g/mol. The molecule has 4 nitrogen and oxygen atoms in total. The van der Waals surface area contributed by atoms with Gasteiger partial charge < -0.3 is 9.84 Å². The molecule has 1 saturated heterocycles. The van der Waals surface area contributed by atoms with E-state index in [2.05, 4.69) is 15.9 Å². The van der Waals surface area contributed by atoms with E-state index in [9.17, 15) is 9.59 Å². The number of halogens is 1. The van der Waals surface area contributed by atoms with E-state index in [4.69, 9.17) is 9.84 Å². The summed E-state index contributed by atoms with van der Waals surface area (Å²) < 4.78 is 5.18. The van der Waals surface area contributed by atoms with Crippen LogP contribution >= 0.6 is 15.9 Å². The Bertz CT molecular complexity index is 329. The van der Waals surface area contributed by atoms with Crippen LogP contribution in [0.1, 0.15) is 6.42 Å². The van der Waals surface area contributed by atoms with Gasteiger partial charge in [0.1, 0.15) is 6.10 Å². The number of carboxylic acid groups (broad SMARTS) is 1. The predicted octanol–water partition coefficient (Wildman–Crippen LogP) is 0.642. The van der Waals surface area contributed by atoms with Crippen LogP contribution < -0.4 is 0 Å². The summed E-state index contributed by atoms with van der Waals surface area (Å²) >= 11 is 3.44. The van der Waals surface area contributed by atoms with Crippen molar-refractivity contribution >= 4 is 27.9 Å². The quantitative estimate of drug-likeness (QED) is 0.555. The first-order valence-electron chi connectivity index (χ1n) is 4.68. The van der Waals surface area contributed by atoms with Gasteiger partial charge in [0.25, 0.3) is 0 Å². The fraction of sp³-hybridized carbons (Fsp3) is 0.778. The maximum Gasteiger partial charge on any atom is 0.310 e. The summed E-state index contributed by atoms with van der Waals surface area (Å²) in [6.45, 7) is 0. The smallest absolute Gasteiger partial charge is 0.310 e. The highest BCUT2D eigenvalue weighted by Crippen LogP contribution is 2.59. The van der Waals surface area contributed by atoms with Crippen LogP contribution in [0.5, 0.6) is 0 Å². The summed E-state index contributed by atoms with van der Waals surface area (Å²) in [5.41, 5.74) is 0. The first-order valence-corrected chi connectivity index (χ1v) is 5.60. The fourth-order valence-corrected chi connectivity index (χ4v) is 4.35. The summed E-state index contributed by atoms with van der Waals surface area (Å²) in [6.07, 6.45) is 0.738. The zero-order chi connectivity index (χ0) is 10.0. The number of ether oxygens (including phenoxy) is 1. The molecule has 0 radical (unpaired) electrons. The molecule has 0 aromatic rings. The molecule has 6 atom stereocenters. The fourth-order valence-electron chi connectivity index (χ4n) is 3.31. The van der Waals surface area contributed by atoms with Crippen molar-refractivity contribution in [1.29, 1.82) is 0 Å². The number of carbonyl (C=O) groups excluding carboxylic acids is 1. The zero-order valence-electron chi connectivity index (χ0n) is 7.22. The van der Waals surface area contributed by atoms with Gasteiger partial charge in [-0.3, -0.25) is 9.59 Å². The minimum atomic E-state index is -0.857. The molecule has 0 spiro atoms. The van der Waals surface area contributed by atoms with Crippen molar-refractivity contribution in [1.82, 2.24) is 0 Å². The van der Waals surface area contributed by atoms with Crippen molar-refractivity contribution in [2.24, 2.45) is 23.7 Å². The van der Waals surface area contributed by atoms with Gasteiger partial charge in [-0.1, -0.05) is 15.9 Å². The van der Waals surface area contributed by atoms with Gasteiger partial charge in [-0.05, 0) is 12.3 Å². The van der Waals surface area contributed by atoms with Crippen LogP contribution in [0, 0.1) is 23.7 Å². The van der Waals surface area contributed by atoms with Crippen molar-refractivity contribution < 1.29 is 19.4 Å². The van der Waals surface area contributed by atoms with Gasteiger partial charge in [0, 0.05) is 5.92 Å². The van der Waals surface area contributed by atoms with Gasteiger partial charge >= 0.3 is 11.9 Å². The van der Waals surface area contributed by atoms with E-state index >= 15 is 0 Å². The molecule has 5 heteroatoms. The first kappa shape index (κ1) is 8.71. The lowest BCUT2D eigenvalue weighted by Gasteiger charge is -2.25. The van der Waals surface area contributed by atoms with Crippen molar-refractivity contribution in [3.05, 3.63) is 0 Å². The normalized spacial score (nSPS) is 53.6. The highest BCUT2D eigenvalue weighted by atomic mass is 79.9. The lowest BCUT2D eigenvalue weighted by Crippen LogP contribution is -2.37. The number of rotatable bonds is 1. The molecule has 3 rings (SSSR count). The first-order chi connectivity index (χ1) is 6.61. The largest absolute Gasteiger partial charge is 0.481 e. The van der Waals surface area contributed by atoms with Crippen molar-refractivity contribution in [3.63, 3.8) is 0 Å². The molecule has 1 unspecified atom stereocenters. The molecule has 2 aliphatic carbocycles. The Labute approximate surface area is 88.7 Å². The number of carbonyl (C=O) groups is 2. The number of aliphatic carboxylic acids is 1. The summed E-state index contributed by atoms with van der Waals surface area (Å²) in [7, 11) is 0. The lowest BCUT2D eigenvalue weighted by molar-refractivity contribution is -0.151. The van der Waals surface area contributed by atoms with Gasteiger partial charge in [-0.15, -0.1) is 0 Å². The second-order valence-electron chi connectivity index (χ2n) is 4.30. The highest BCUT2D eigenvalue weighted by molar-refractivity contribution is 9.09. The molecule has 0 amide bonds. The van der Waals surface area contributed by atoms with Crippen LogP contribution in [0.3, 0.4) is 0 Å². The van der Waals surface area contributed by atoms with Gasteiger partial charge in [-0.2, -0.15) is 0 Å². The van der Waals surface area contributed by atoms with Crippen LogP contribution in [-0.2, 0) is 14.3 Å². The molecule has 0 aromatic carbocycles. The number of esters is 1. The van der Waals surface area contributed by atoms with Crippen LogP contribution in [-0.4, -0.2) is 28.0 Å². The third kappa shape index (κ3) is 0.798. The van der Waals surface area contributed by atoms with Crippen molar-refractivity contribution in [2.75, 3.05) is 0 Å². The summed E-state index contributed by atoms with van der Waals surface area (Å²) in [4.78, 5) is 22.5. The second kappa shape index (κ2) is 2.51. The molecule has 0 aromatic heterocycles. The minimum absolute atomic E-state index is 0.0382. The van der Waals surface area contributed by atoms with E-state index in [0.29, 0.717) is 0 Å². The number of hydrogen-bond donors (Lipinski definition) is 1. The standard InChI is InChI=1S/C9H9BrO4/c10-6-2-1-3-5(4(2)8(11)12)9(13)14-7(3)6/h2-7H,1H2,(H,11,12)/t2-,3+,4-,5+,6+,7?/m1/s1. The van der Waals surface area contributed by atoms with Crippen LogP contribution in [0.2, 0.25) is 0 Å². The van der Waals surface area contributed by atoms with Gasteiger partial charge in [0.2, 0.25) is 0 Å². The number of fused-ring (bicyclic) bond motifs is 1. The molecule has 2 bridgehead atoms. The Balaban J connectivity index is 2.04. The van der Waals surface area contributed by atoms with E-state index < -0.39 is 11.9 Å². The van der Waals surface area contributed by atoms with Crippen LogP contribution in [0.15, 0.2) is 0 Å². The molecular formula is C9H9BrO4. The second-order valence-corrected chi connectivity index (χ2v) is 5.36. The third-order valence-corrected chi connectivity index (χ3v) is 5.01. The lowest BCUT2D eigenvalue weighted by atomic mass is 9.80. The minimum Gasteiger partial charge on any atom is -0.481 e. The molecule has 14 heavy (non-hydrogen) atoms. The molecule has 3 fully saturated rings. The highest BCUT2D eigenvalue weighted by Gasteiger charge is 2.67. The predicted molar refractivity (Wildman–Crippen MR) is 48.8 cm³/mol. The van der Waals surface area contributed by atoms with Gasteiger partial charge in [0.15, 0.2) is 0 Å². The van der Waals surface area contributed by atoms with E-state index in [1.165, 1.54) is 0 Å². The third-order valence-electron chi connectivity index (χ3n) is 3.81. The molecule has 1 N–H and O–H groups in total. The average Bonchev–Trinajstić information content (AvgIpc) is 2.67. The molecule has 1 heterocycles. The Kier molecular flexibility index (Phi) is 1.56. The number of hydrogen-bond acceptors (Lipinski definition) is 3. The maximum atomic E-state index is 11.4. The molecule has 76 valence electrons.